The van der Waals surface area contributed by atoms with E-state index in [1.807, 2.05) is 12.1 Å². The highest BCUT2D eigenvalue weighted by Crippen LogP contribution is 2.48. The van der Waals surface area contributed by atoms with E-state index in [1.165, 1.54) is 130 Å². The van der Waals surface area contributed by atoms with Gasteiger partial charge in [0.1, 0.15) is 0 Å². The van der Waals surface area contributed by atoms with Gasteiger partial charge in [-0.1, -0.05) is 147 Å². The van der Waals surface area contributed by atoms with Crippen LogP contribution in [0.1, 0.15) is 115 Å². The average molecular weight is 665 g/mol. The third-order valence-electron chi connectivity index (χ3n) is 11.4. The predicted molar refractivity (Wildman–Crippen MR) is 217 cm³/mol. The average Bonchev–Trinajstić information content (AvgIpc) is 3.45. The van der Waals surface area contributed by atoms with E-state index < -0.39 is 0 Å². The van der Waals surface area contributed by atoms with Crippen LogP contribution >= 0.6 is 0 Å². The van der Waals surface area contributed by atoms with Gasteiger partial charge in [0, 0.05) is 40.3 Å². The first kappa shape index (κ1) is 34.3. The molecule has 1 atom stereocenters. The lowest BCUT2D eigenvalue weighted by molar-refractivity contribution is 0.0951. The van der Waals surface area contributed by atoms with Crippen molar-refractivity contribution in [3.63, 3.8) is 0 Å². The number of unbranched alkanes of at least 4 members (excludes halogenated alkanes) is 7. The Kier molecular flexibility index (Phi) is 10.6. The number of nitrogens with one attached hydrogen (secondary N) is 1. The number of amides is 1. The fourth-order valence-electron chi connectivity index (χ4n) is 8.59. The van der Waals surface area contributed by atoms with E-state index in [1.54, 1.807) is 0 Å². The molecule has 0 aliphatic carbocycles. The normalized spacial score (nSPS) is 12.9. The van der Waals surface area contributed by atoms with Crippen molar-refractivity contribution in [3.05, 3.63) is 84.4 Å². The fourth-order valence-corrected chi connectivity index (χ4v) is 8.59. The predicted octanol–water partition coefficient (Wildman–Crippen LogP) is 13.5. The van der Waals surface area contributed by atoms with E-state index in [9.17, 15) is 4.79 Å². The van der Waals surface area contributed by atoms with E-state index in [0.29, 0.717) is 5.92 Å². The molecule has 0 saturated heterocycles. The number of rotatable bonds is 18. The highest BCUT2D eigenvalue weighted by Gasteiger charge is 2.23. The number of benzene rings is 6. The van der Waals surface area contributed by atoms with Crippen LogP contribution in [-0.2, 0) is 6.54 Å². The van der Waals surface area contributed by atoms with Crippen LogP contribution in [0.4, 0.5) is 0 Å². The molecular formula is C47H56N2O. The van der Waals surface area contributed by atoms with Gasteiger partial charge in [-0.05, 0) is 87.0 Å². The topological polar surface area (TPSA) is 34.0 Å². The van der Waals surface area contributed by atoms with E-state index in [4.69, 9.17) is 0 Å². The molecular weight excluding hydrogens is 609 g/mol. The fraction of sp³-hybridized carbons (Fsp3) is 0.426. The standard InChI is InChI=1S/C47H56N2O/c1-5-6-7-8-9-10-11-12-30-49-41-27-26-35-18-14-19-37-38-20-15-21-39-40(31-42(49)46(44(38)39)45(41)43(35)37)34-22-24-36(25-23-34)47(50)48-29-28-33(4)17-13-16-32(2)3/h14-15,18-27,31-33H,5-13,16-17,28-30H2,1-4H3,(H,48,50)/t33-/m0/s1. The van der Waals surface area contributed by atoms with Gasteiger partial charge in [0.2, 0.25) is 0 Å². The number of aromatic nitrogens is 1. The van der Waals surface area contributed by atoms with Crippen LogP contribution in [0.3, 0.4) is 0 Å². The summed E-state index contributed by atoms with van der Waals surface area (Å²) in [6.45, 7) is 10.9. The largest absolute Gasteiger partial charge is 0.352 e. The molecule has 3 heteroatoms. The van der Waals surface area contributed by atoms with Crippen molar-refractivity contribution >= 4 is 60.0 Å². The summed E-state index contributed by atoms with van der Waals surface area (Å²) >= 11 is 0. The number of nitrogens with zero attached hydrogens (tertiary/aromatic N) is 1. The van der Waals surface area contributed by atoms with Crippen molar-refractivity contribution in [2.75, 3.05) is 6.54 Å². The molecule has 0 fully saturated rings. The Bertz CT molecular complexity index is 2170. The van der Waals surface area contributed by atoms with Crippen LogP contribution in [0.5, 0.6) is 0 Å². The van der Waals surface area contributed by atoms with Crippen molar-refractivity contribution in [3.8, 4) is 11.1 Å². The van der Waals surface area contributed by atoms with E-state index in [2.05, 4.69) is 104 Å². The molecule has 0 bridgehead atoms. The van der Waals surface area contributed by atoms with E-state index >= 15 is 0 Å². The number of carbonyl (C=O) groups is 1. The minimum absolute atomic E-state index is 0.0223. The van der Waals surface area contributed by atoms with Gasteiger partial charge in [0.05, 0.1) is 5.52 Å². The molecule has 0 saturated carbocycles. The van der Waals surface area contributed by atoms with E-state index in [0.717, 1.165) is 36.6 Å². The Balaban J connectivity index is 1.19. The number of aryl methyl sites for hydroxylation is 1. The lowest BCUT2D eigenvalue weighted by Gasteiger charge is -2.16. The highest BCUT2D eigenvalue weighted by atomic mass is 16.1. The van der Waals surface area contributed by atoms with Gasteiger partial charge in [-0.15, -0.1) is 0 Å². The van der Waals surface area contributed by atoms with Crippen molar-refractivity contribution in [1.29, 1.82) is 0 Å². The summed E-state index contributed by atoms with van der Waals surface area (Å²) in [7, 11) is 0. The minimum Gasteiger partial charge on any atom is -0.352 e. The molecule has 50 heavy (non-hydrogen) atoms. The minimum atomic E-state index is 0.0223. The van der Waals surface area contributed by atoms with Crippen LogP contribution in [0.15, 0.2) is 78.9 Å². The summed E-state index contributed by atoms with van der Waals surface area (Å²) in [6, 6.07) is 29.1. The molecule has 6 aromatic carbocycles. The highest BCUT2D eigenvalue weighted by molar-refractivity contribution is 6.41. The molecule has 7 rings (SSSR count). The summed E-state index contributed by atoms with van der Waals surface area (Å²) in [4.78, 5) is 13.1. The van der Waals surface area contributed by atoms with Crippen molar-refractivity contribution < 1.29 is 4.79 Å². The monoisotopic (exact) mass is 664 g/mol. The quantitative estimate of drug-likeness (QED) is 0.0553. The van der Waals surface area contributed by atoms with Crippen LogP contribution in [0.25, 0.3) is 65.3 Å². The van der Waals surface area contributed by atoms with Gasteiger partial charge < -0.3 is 9.88 Å². The molecule has 1 N–H and O–H groups in total. The molecule has 0 aliphatic rings. The Hall–Kier alpha value is -4.11. The van der Waals surface area contributed by atoms with Gasteiger partial charge in [-0.3, -0.25) is 4.79 Å². The molecule has 1 amide bonds. The summed E-state index contributed by atoms with van der Waals surface area (Å²) in [5.41, 5.74) is 5.83. The zero-order chi connectivity index (χ0) is 34.6. The first-order chi connectivity index (χ1) is 24.5. The van der Waals surface area contributed by atoms with Gasteiger partial charge in [-0.2, -0.15) is 0 Å². The van der Waals surface area contributed by atoms with Crippen LogP contribution in [0.2, 0.25) is 0 Å². The van der Waals surface area contributed by atoms with Crippen LogP contribution in [-0.4, -0.2) is 17.0 Å². The van der Waals surface area contributed by atoms with Gasteiger partial charge >= 0.3 is 0 Å². The third-order valence-corrected chi connectivity index (χ3v) is 11.4. The Labute approximate surface area is 299 Å². The Morgan fingerprint density at radius 3 is 2.08 bits per heavy atom. The smallest absolute Gasteiger partial charge is 0.251 e. The SMILES string of the molecule is CCCCCCCCCCn1c2ccc3cccc4c5cccc6c(-c7ccc(C(=O)NCC[C@@H](C)CCCC(C)C)cc7)cc1c(c65)c2c34. The van der Waals surface area contributed by atoms with E-state index in [-0.39, 0.29) is 5.91 Å². The summed E-state index contributed by atoms with van der Waals surface area (Å²) < 4.78 is 2.62. The molecule has 3 nitrogen and oxygen atoms in total. The van der Waals surface area contributed by atoms with Crippen molar-refractivity contribution in [1.82, 2.24) is 9.88 Å². The Morgan fingerprint density at radius 2 is 1.32 bits per heavy atom. The number of fused-ring (bicyclic) bond motifs is 1. The number of hydrogen-bond acceptors (Lipinski definition) is 1. The molecule has 1 aromatic heterocycles. The second-order valence-corrected chi connectivity index (χ2v) is 15.6. The molecule has 0 spiro atoms. The lowest BCUT2D eigenvalue weighted by atomic mass is 9.87. The lowest BCUT2D eigenvalue weighted by Crippen LogP contribution is -2.25. The Morgan fingerprint density at radius 1 is 0.640 bits per heavy atom. The third kappa shape index (κ3) is 6.81. The molecule has 7 aromatic rings. The first-order valence-corrected chi connectivity index (χ1v) is 19.8. The van der Waals surface area contributed by atoms with Gasteiger partial charge in [-0.25, -0.2) is 0 Å². The second-order valence-electron chi connectivity index (χ2n) is 15.6. The maximum atomic E-state index is 13.1. The van der Waals surface area contributed by atoms with Crippen molar-refractivity contribution in [2.24, 2.45) is 11.8 Å². The zero-order valence-corrected chi connectivity index (χ0v) is 30.9. The van der Waals surface area contributed by atoms with Crippen molar-refractivity contribution in [2.45, 2.75) is 111 Å². The maximum Gasteiger partial charge on any atom is 0.251 e. The molecule has 0 unspecified atom stereocenters. The maximum absolute atomic E-state index is 13.1. The molecule has 1 heterocycles. The van der Waals surface area contributed by atoms with Gasteiger partial charge in [0.15, 0.2) is 0 Å². The molecule has 0 radical (unpaired) electrons. The van der Waals surface area contributed by atoms with Gasteiger partial charge in [0.25, 0.3) is 5.91 Å². The van der Waals surface area contributed by atoms with Crippen LogP contribution in [0, 0.1) is 11.8 Å². The molecule has 260 valence electrons. The summed E-state index contributed by atoms with van der Waals surface area (Å²) in [5, 5.41) is 14.1. The first-order valence-electron chi connectivity index (χ1n) is 19.8. The number of carbonyl (C=O) groups excluding carboxylic acids is 1. The summed E-state index contributed by atoms with van der Waals surface area (Å²) in [6.07, 6.45) is 15.4. The number of hydrogen-bond donors (Lipinski definition) is 1. The summed E-state index contributed by atoms with van der Waals surface area (Å²) in [5.74, 6) is 1.41. The van der Waals surface area contributed by atoms with Crippen LogP contribution < -0.4 is 5.32 Å². The molecule has 0 aliphatic heterocycles. The zero-order valence-electron chi connectivity index (χ0n) is 30.9. The second kappa shape index (κ2) is 15.4.